The van der Waals surface area contributed by atoms with Gasteiger partial charge in [0, 0.05) is 35.1 Å². The SMILES string of the molecule is Cc1c(F)cc2c3c1CC[C@H](N)C3=C1Cn3c(cc4c(c3=O)COC(=O)[C@H]4O)C1N2. The molecule has 7 nitrogen and oxygen atoms in total. The Hall–Kier alpha value is -2.97. The first-order valence-electron chi connectivity index (χ1n) is 10.1. The number of aliphatic hydroxyl groups excluding tert-OH is 1. The molecule has 3 atom stereocenters. The van der Waals surface area contributed by atoms with E-state index in [0.29, 0.717) is 41.9 Å². The molecule has 30 heavy (non-hydrogen) atoms. The van der Waals surface area contributed by atoms with Crippen LogP contribution < -0.4 is 16.6 Å². The van der Waals surface area contributed by atoms with Crippen LogP contribution in [0.3, 0.4) is 0 Å². The molecule has 6 rings (SSSR count). The zero-order chi connectivity index (χ0) is 20.9. The van der Waals surface area contributed by atoms with Gasteiger partial charge in [-0.2, -0.15) is 0 Å². The number of hydrogen-bond acceptors (Lipinski definition) is 6. The largest absolute Gasteiger partial charge is 0.458 e. The first-order chi connectivity index (χ1) is 14.4. The number of benzene rings is 1. The minimum Gasteiger partial charge on any atom is -0.458 e. The number of carbonyl (C=O) groups is 1. The highest BCUT2D eigenvalue weighted by atomic mass is 19.1. The molecule has 2 aromatic rings. The van der Waals surface area contributed by atoms with Crippen molar-refractivity contribution in [3.63, 3.8) is 0 Å². The van der Waals surface area contributed by atoms with E-state index in [0.717, 1.165) is 22.3 Å². The van der Waals surface area contributed by atoms with Gasteiger partial charge in [-0.25, -0.2) is 9.18 Å². The summed E-state index contributed by atoms with van der Waals surface area (Å²) >= 11 is 0. The highest BCUT2D eigenvalue weighted by Gasteiger charge is 2.42. The molecule has 8 heteroatoms. The van der Waals surface area contributed by atoms with Gasteiger partial charge < -0.3 is 25.5 Å². The molecule has 1 unspecified atom stereocenters. The summed E-state index contributed by atoms with van der Waals surface area (Å²) in [5.74, 6) is -1.03. The Morgan fingerprint density at radius 3 is 2.90 bits per heavy atom. The van der Waals surface area contributed by atoms with Gasteiger partial charge in [0.05, 0.1) is 11.6 Å². The lowest BCUT2D eigenvalue weighted by molar-refractivity contribution is -0.157. The van der Waals surface area contributed by atoms with Gasteiger partial charge in [0.1, 0.15) is 12.4 Å². The molecular weight excluding hydrogens is 389 g/mol. The number of cyclic esters (lactones) is 1. The van der Waals surface area contributed by atoms with Crippen molar-refractivity contribution in [2.75, 3.05) is 5.32 Å². The molecule has 1 aromatic heterocycles. The Balaban J connectivity index is 1.61. The molecule has 154 valence electrons. The molecule has 0 bridgehead atoms. The maximum atomic E-state index is 14.6. The third kappa shape index (κ3) is 2.10. The highest BCUT2D eigenvalue weighted by molar-refractivity contribution is 5.89. The van der Waals surface area contributed by atoms with E-state index in [2.05, 4.69) is 5.32 Å². The van der Waals surface area contributed by atoms with E-state index < -0.39 is 12.1 Å². The summed E-state index contributed by atoms with van der Waals surface area (Å²) < 4.78 is 21.2. The third-order valence-corrected chi connectivity index (χ3v) is 6.96. The number of anilines is 1. The molecule has 1 aromatic carbocycles. The van der Waals surface area contributed by atoms with Gasteiger partial charge >= 0.3 is 5.97 Å². The normalized spacial score (nSPS) is 25.7. The summed E-state index contributed by atoms with van der Waals surface area (Å²) in [6, 6.07) is 2.62. The van der Waals surface area contributed by atoms with Crippen molar-refractivity contribution in [1.82, 2.24) is 4.57 Å². The lowest BCUT2D eigenvalue weighted by atomic mass is 9.76. The molecule has 0 radical (unpaired) electrons. The van der Waals surface area contributed by atoms with Crippen molar-refractivity contribution in [1.29, 1.82) is 0 Å². The molecule has 0 spiro atoms. The van der Waals surface area contributed by atoms with Gasteiger partial charge in [0.15, 0.2) is 6.10 Å². The minimum absolute atomic E-state index is 0.150. The van der Waals surface area contributed by atoms with E-state index in [1.54, 1.807) is 17.6 Å². The van der Waals surface area contributed by atoms with Crippen LogP contribution in [0.2, 0.25) is 0 Å². The Labute approximate surface area is 171 Å². The molecule has 0 fully saturated rings. The summed E-state index contributed by atoms with van der Waals surface area (Å²) in [5, 5.41) is 13.7. The number of halogens is 1. The number of aliphatic hydroxyl groups is 1. The fraction of sp³-hybridized carbons (Fsp3) is 0.364. The number of esters is 1. The van der Waals surface area contributed by atoms with Crippen LogP contribution in [0.5, 0.6) is 0 Å². The molecule has 1 aliphatic carbocycles. The summed E-state index contributed by atoms with van der Waals surface area (Å²) in [7, 11) is 0. The second-order valence-electron chi connectivity index (χ2n) is 8.45. The van der Waals surface area contributed by atoms with Crippen molar-refractivity contribution in [2.45, 2.75) is 51.1 Å². The maximum Gasteiger partial charge on any atom is 0.340 e. The number of ether oxygens (including phenoxy) is 1. The summed E-state index contributed by atoms with van der Waals surface area (Å²) in [6.07, 6.45) is -0.0581. The topological polar surface area (TPSA) is 107 Å². The van der Waals surface area contributed by atoms with Crippen molar-refractivity contribution >= 4 is 17.2 Å². The van der Waals surface area contributed by atoms with Crippen LogP contribution in [-0.2, 0) is 29.1 Å². The van der Waals surface area contributed by atoms with E-state index in [9.17, 15) is 19.1 Å². The zero-order valence-electron chi connectivity index (χ0n) is 16.3. The van der Waals surface area contributed by atoms with Gasteiger partial charge in [-0.1, -0.05) is 0 Å². The number of nitrogens with one attached hydrogen (secondary N) is 1. The number of rotatable bonds is 0. The quantitative estimate of drug-likeness (QED) is 0.571. The van der Waals surface area contributed by atoms with Crippen molar-refractivity contribution in [3.05, 3.63) is 67.4 Å². The molecule has 3 aliphatic heterocycles. The Morgan fingerprint density at radius 1 is 1.30 bits per heavy atom. The standard InChI is InChI=1S/C22H20FN3O4/c1-8-9-2-3-14(24)17-11-6-26-16(19(11)25-15(18(9)17)5-13(8)23)4-10-12(21(26)28)7-30-22(29)20(10)27/h4-5,14,19-20,25,27H,2-3,6-7,24H2,1H3/t14-,19?,20-/m0/s1. The minimum atomic E-state index is -1.48. The Morgan fingerprint density at radius 2 is 2.10 bits per heavy atom. The average Bonchev–Trinajstić information content (AvgIpc) is 3.09. The number of aromatic nitrogens is 1. The molecule has 0 saturated carbocycles. The fourth-order valence-electron chi connectivity index (χ4n) is 5.43. The molecule has 0 amide bonds. The lowest BCUT2D eigenvalue weighted by Gasteiger charge is -2.36. The Bertz CT molecular complexity index is 1260. The van der Waals surface area contributed by atoms with Crippen LogP contribution in [0.15, 0.2) is 22.5 Å². The van der Waals surface area contributed by atoms with Gasteiger partial charge in [-0.05, 0) is 54.2 Å². The molecule has 0 saturated heterocycles. The summed E-state index contributed by atoms with van der Waals surface area (Å²) in [5.41, 5.74) is 12.7. The Kier molecular flexibility index (Phi) is 3.45. The van der Waals surface area contributed by atoms with Crippen LogP contribution >= 0.6 is 0 Å². The number of fused-ring (bicyclic) bond motifs is 4. The fourth-order valence-corrected chi connectivity index (χ4v) is 5.43. The van der Waals surface area contributed by atoms with Gasteiger partial charge in [-0.15, -0.1) is 0 Å². The van der Waals surface area contributed by atoms with Crippen LogP contribution in [0.4, 0.5) is 10.1 Å². The predicted molar refractivity (Wildman–Crippen MR) is 106 cm³/mol. The van der Waals surface area contributed by atoms with Crippen molar-refractivity contribution in [3.8, 4) is 0 Å². The lowest BCUT2D eigenvalue weighted by Crippen LogP contribution is -2.33. The van der Waals surface area contributed by atoms with Crippen LogP contribution in [-0.4, -0.2) is 21.7 Å². The number of carbonyl (C=O) groups excluding carboxylic acids is 1. The van der Waals surface area contributed by atoms with Gasteiger partial charge in [-0.3, -0.25) is 4.79 Å². The maximum absolute atomic E-state index is 14.6. The van der Waals surface area contributed by atoms with E-state index in [1.807, 2.05) is 0 Å². The predicted octanol–water partition coefficient (Wildman–Crippen LogP) is 1.59. The van der Waals surface area contributed by atoms with E-state index >= 15 is 0 Å². The van der Waals surface area contributed by atoms with Crippen LogP contribution in [0.25, 0.3) is 5.57 Å². The van der Waals surface area contributed by atoms with E-state index in [4.69, 9.17) is 10.5 Å². The average molecular weight is 409 g/mol. The molecule has 4 aliphatic rings. The smallest absolute Gasteiger partial charge is 0.340 e. The van der Waals surface area contributed by atoms with E-state index in [-0.39, 0.29) is 35.6 Å². The second kappa shape index (κ2) is 5.80. The van der Waals surface area contributed by atoms with Crippen LogP contribution in [0.1, 0.15) is 52.1 Å². The number of pyridine rings is 1. The van der Waals surface area contributed by atoms with Gasteiger partial charge in [0.25, 0.3) is 5.56 Å². The summed E-state index contributed by atoms with van der Waals surface area (Å²) in [6.45, 7) is 2.00. The van der Waals surface area contributed by atoms with Crippen molar-refractivity contribution < 1.29 is 19.0 Å². The third-order valence-electron chi connectivity index (χ3n) is 6.96. The van der Waals surface area contributed by atoms with Crippen molar-refractivity contribution in [2.24, 2.45) is 5.73 Å². The number of nitrogens with two attached hydrogens (primary N) is 1. The molecule has 4 N–H and O–H groups in total. The van der Waals surface area contributed by atoms with E-state index in [1.165, 1.54) is 6.07 Å². The monoisotopic (exact) mass is 409 g/mol. The summed E-state index contributed by atoms with van der Waals surface area (Å²) in [4.78, 5) is 25.0. The van der Waals surface area contributed by atoms with Crippen LogP contribution in [0, 0.1) is 12.7 Å². The molecule has 4 heterocycles. The zero-order valence-corrected chi connectivity index (χ0v) is 16.3. The highest BCUT2D eigenvalue weighted by Crippen LogP contribution is 2.50. The number of hydrogen-bond donors (Lipinski definition) is 3. The first kappa shape index (κ1) is 17.9. The van der Waals surface area contributed by atoms with Gasteiger partial charge in [0.2, 0.25) is 0 Å². The molecular formula is C22H20FN3O4. The second-order valence-corrected chi connectivity index (χ2v) is 8.45. The number of nitrogens with zero attached hydrogens (tertiary/aromatic N) is 1. The first-order valence-corrected chi connectivity index (χ1v) is 10.1.